The van der Waals surface area contributed by atoms with Gasteiger partial charge in [-0.25, -0.2) is 4.98 Å². The van der Waals surface area contributed by atoms with Gasteiger partial charge in [0.15, 0.2) is 0 Å². The van der Waals surface area contributed by atoms with Crippen molar-refractivity contribution in [3.63, 3.8) is 0 Å². The van der Waals surface area contributed by atoms with Gasteiger partial charge < -0.3 is 24.1 Å². The van der Waals surface area contributed by atoms with Crippen molar-refractivity contribution in [1.29, 1.82) is 0 Å². The van der Waals surface area contributed by atoms with E-state index in [1.54, 1.807) is 17.7 Å². The SMILES string of the molecule is CCCN(CCC)c1cnc2[nH]cc(-c3ccn([C@H](CN(C)C)c4cc(Cl)cc(COC)c4)c(=O)c3)c2c1. The van der Waals surface area contributed by atoms with E-state index >= 15 is 0 Å². The average molecular weight is 536 g/mol. The molecule has 0 aliphatic rings. The van der Waals surface area contributed by atoms with Crippen LogP contribution in [0.2, 0.25) is 5.02 Å². The Kier molecular flexibility index (Phi) is 9.26. The largest absolute Gasteiger partial charge is 0.380 e. The van der Waals surface area contributed by atoms with Crippen LogP contribution in [-0.2, 0) is 11.3 Å². The summed E-state index contributed by atoms with van der Waals surface area (Å²) >= 11 is 6.45. The lowest BCUT2D eigenvalue weighted by Crippen LogP contribution is -2.32. The van der Waals surface area contributed by atoms with Gasteiger partial charge in [-0.15, -0.1) is 0 Å². The summed E-state index contributed by atoms with van der Waals surface area (Å²) in [5, 5.41) is 1.64. The fourth-order valence-corrected chi connectivity index (χ4v) is 5.31. The summed E-state index contributed by atoms with van der Waals surface area (Å²) in [6.07, 6.45) is 7.91. The molecular formula is C30H38ClN5O2. The summed E-state index contributed by atoms with van der Waals surface area (Å²) < 4.78 is 7.11. The van der Waals surface area contributed by atoms with E-state index in [1.165, 1.54) is 0 Å². The van der Waals surface area contributed by atoms with Crippen molar-refractivity contribution in [2.45, 2.75) is 39.3 Å². The Labute approximate surface area is 230 Å². The summed E-state index contributed by atoms with van der Waals surface area (Å²) in [6.45, 7) is 7.46. The third-order valence-electron chi connectivity index (χ3n) is 6.68. The first-order valence-electron chi connectivity index (χ1n) is 13.2. The van der Waals surface area contributed by atoms with Crippen molar-refractivity contribution >= 4 is 28.3 Å². The first-order chi connectivity index (χ1) is 18.3. The number of likely N-dealkylation sites (N-methyl/N-ethyl adjacent to an activating group) is 1. The second-order valence-corrected chi connectivity index (χ2v) is 10.5. The summed E-state index contributed by atoms with van der Waals surface area (Å²) in [6, 6.07) is 11.6. The summed E-state index contributed by atoms with van der Waals surface area (Å²) in [5.74, 6) is 0. The molecule has 0 aliphatic heterocycles. The van der Waals surface area contributed by atoms with Gasteiger partial charge in [0, 0.05) is 61.2 Å². The van der Waals surface area contributed by atoms with Crippen LogP contribution in [0.4, 0.5) is 5.69 Å². The molecule has 0 saturated heterocycles. The Morgan fingerprint density at radius 2 is 1.87 bits per heavy atom. The second kappa shape index (κ2) is 12.6. The molecule has 0 amide bonds. The summed E-state index contributed by atoms with van der Waals surface area (Å²) in [5.41, 5.74) is 5.64. The van der Waals surface area contributed by atoms with Gasteiger partial charge in [0.1, 0.15) is 5.65 Å². The Bertz CT molecular complexity index is 1420. The van der Waals surface area contributed by atoms with Gasteiger partial charge in [-0.3, -0.25) is 4.79 Å². The van der Waals surface area contributed by atoms with Crippen LogP contribution in [0.25, 0.3) is 22.2 Å². The minimum atomic E-state index is -0.200. The van der Waals surface area contributed by atoms with Crippen LogP contribution < -0.4 is 10.5 Å². The van der Waals surface area contributed by atoms with E-state index < -0.39 is 0 Å². The van der Waals surface area contributed by atoms with Gasteiger partial charge >= 0.3 is 0 Å². The Balaban J connectivity index is 1.74. The van der Waals surface area contributed by atoms with E-state index in [1.807, 2.05) is 50.9 Å². The molecule has 1 aromatic carbocycles. The topological polar surface area (TPSA) is 66.4 Å². The highest BCUT2D eigenvalue weighted by Crippen LogP contribution is 2.31. The quantitative estimate of drug-likeness (QED) is 0.242. The summed E-state index contributed by atoms with van der Waals surface area (Å²) in [4.78, 5) is 26.0. The fourth-order valence-electron chi connectivity index (χ4n) is 5.05. The number of H-pyrrole nitrogens is 1. The van der Waals surface area contributed by atoms with Crippen LogP contribution in [0.1, 0.15) is 43.9 Å². The van der Waals surface area contributed by atoms with Crippen LogP contribution in [0, 0.1) is 0 Å². The van der Waals surface area contributed by atoms with E-state index in [0.717, 1.165) is 64.9 Å². The molecule has 8 heteroatoms. The molecule has 4 aromatic rings. The molecule has 0 fully saturated rings. The molecule has 4 rings (SSSR count). The number of ether oxygens (including phenoxy) is 1. The van der Waals surface area contributed by atoms with Crippen LogP contribution in [0.5, 0.6) is 0 Å². The number of aromatic amines is 1. The zero-order valence-corrected chi connectivity index (χ0v) is 23.8. The molecule has 1 atom stereocenters. The zero-order valence-electron chi connectivity index (χ0n) is 23.0. The Morgan fingerprint density at radius 3 is 2.53 bits per heavy atom. The number of pyridine rings is 2. The third-order valence-corrected chi connectivity index (χ3v) is 6.90. The smallest absolute Gasteiger partial charge is 0.251 e. The van der Waals surface area contributed by atoms with Crippen molar-refractivity contribution in [1.82, 2.24) is 19.4 Å². The lowest BCUT2D eigenvalue weighted by molar-refractivity contribution is 0.184. The minimum absolute atomic E-state index is 0.0697. The molecule has 3 heterocycles. The number of aromatic nitrogens is 3. The highest BCUT2D eigenvalue weighted by Gasteiger charge is 2.19. The molecule has 0 saturated carbocycles. The molecule has 0 bridgehead atoms. The number of hydrogen-bond donors (Lipinski definition) is 1. The van der Waals surface area contributed by atoms with Crippen LogP contribution in [0.15, 0.2) is 59.8 Å². The van der Waals surface area contributed by atoms with Crippen molar-refractivity contribution < 1.29 is 4.74 Å². The molecular weight excluding hydrogens is 498 g/mol. The van der Waals surface area contributed by atoms with Crippen molar-refractivity contribution in [2.24, 2.45) is 0 Å². The molecule has 3 aromatic heterocycles. The van der Waals surface area contributed by atoms with Crippen molar-refractivity contribution in [2.75, 3.05) is 45.7 Å². The number of anilines is 1. The number of rotatable bonds is 12. The molecule has 38 heavy (non-hydrogen) atoms. The van der Waals surface area contributed by atoms with Crippen LogP contribution in [-0.4, -0.2) is 60.3 Å². The van der Waals surface area contributed by atoms with Gasteiger partial charge in [-0.05, 0) is 67.9 Å². The maximum atomic E-state index is 13.6. The Hall–Kier alpha value is -3.13. The molecule has 0 radical (unpaired) electrons. The van der Waals surface area contributed by atoms with Gasteiger partial charge in [0.2, 0.25) is 0 Å². The predicted octanol–water partition coefficient (Wildman–Crippen LogP) is 5.97. The molecule has 0 aliphatic carbocycles. The number of nitrogens with zero attached hydrogens (tertiary/aromatic N) is 4. The summed E-state index contributed by atoms with van der Waals surface area (Å²) in [7, 11) is 5.67. The van der Waals surface area contributed by atoms with Gasteiger partial charge in [0.05, 0.1) is 24.5 Å². The Morgan fingerprint density at radius 1 is 1.11 bits per heavy atom. The van der Waals surface area contributed by atoms with Gasteiger partial charge in [0.25, 0.3) is 5.56 Å². The van der Waals surface area contributed by atoms with E-state index in [9.17, 15) is 4.79 Å². The predicted molar refractivity (Wildman–Crippen MR) is 157 cm³/mol. The minimum Gasteiger partial charge on any atom is -0.380 e. The first kappa shape index (κ1) is 27.9. The molecule has 0 spiro atoms. The van der Waals surface area contributed by atoms with E-state index in [4.69, 9.17) is 16.3 Å². The molecule has 7 nitrogen and oxygen atoms in total. The van der Waals surface area contributed by atoms with E-state index in [0.29, 0.717) is 18.2 Å². The molecule has 202 valence electrons. The standard InChI is InChI=1S/C30H38ClN5O2/c1-6-9-35(10-7-2)25-16-26-27(18-33-30(26)32-17-25)22-8-11-36(29(37)15-22)28(19-34(3)4)23-12-21(20-38-5)13-24(31)14-23/h8,11-18,28H,6-7,9-10,19-20H2,1-5H3,(H,32,33)/t28-/m1/s1. The van der Waals surface area contributed by atoms with Crippen molar-refractivity contribution in [3.05, 3.63) is 81.5 Å². The normalized spacial score (nSPS) is 12.4. The highest BCUT2D eigenvalue weighted by molar-refractivity contribution is 6.30. The molecule has 0 unspecified atom stereocenters. The average Bonchev–Trinajstić information content (AvgIpc) is 3.30. The highest BCUT2D eigenvalue weighted by atomic mass is 35.5. The number of halogens is 1. The maximum Gasteiger partial charge on any atom is 0.251 e. The number of fused-ring (bicyclic) bond motifs is 1. The maximum absolute atomic E-state index is 13.6. The van der Waals surface area contributed by atoms with E-state index in [2.05, 4.69) is 45.7 Å². The van der Waals surface area contributed by atoms with E-state index in [-0.39, 0.29) is 11.6 Å². The fraction of sp³-hybridized carbons (Fsp3) is 0.400. The lowest BCUT2D eigenvalue weighted by Gasteiger charge is -2.25. The number of benzene rings is 1. The molecule has 1 N–H and O–H groups in total. The third kappa shape index (κ3) is 6.29. The number of nitrogens with one attached hydrogen (secondary N) is 1. The second-order valence-electron chi connectivity index (χ2n) is 10.0. The van der Waals surface area contributed by atoms with Crippen LogP contribution >= 0.6 is 11.6 Å². The lowest BCUT2D eigenvalue weighted by atomic mass is 10.0. The zero-order chi connectivity index (χ0) is 27.2. The van der Waals surface area contributed by atoms with Crippen LogP contribution in [0.3, 0.4) is 0 Å². The van der Waals surface area contributed by atoms with Gasteiger partial charge in [-0.2, -0.15) is 0 Å². The number of methoxy groups -OCH3 is 1. The monoisotopic (exact) mass is 535 g/mol. The number of hydrogen-bond acceptors (Lipinski definition) is 5. The first-order valence-corrected chi connectivity index (χ1v) is 13.6. The van der Waals surface area contributed by atoms with Gasteiger partial charge in [-0.1, -0.05) is 31.5 Å². The van der Waals surface area contributed by atoms with Crippen molar-refractivity contribution in [3.8, 4) is 11.1 Å².